The molecular formula is C16H26N2O2S. The standard InChI is InChI=1S/C16H26N2O2S/c1-18(2)21(19,20)16-11-9-15(10-12-16)17-13-14-7-5-3-4-6-8-14/h9-12,14,17H,3-8,13H2,1-2H3. The summed E-state index contributed by atoms with van der Waals surface area (Å²) in [5, 5.41) is 3.44. The first kappa shape index (κ1) is 16.3. The third kappa shape index (κ3) is 4.45. The number of hydrogen-bond donors (Lipinski definition) is 1. The summed E-state index contributed by atoms with van der Waals surface area (Å²) < 4.78 is 25.2. The number of hydrogen-bond acceptors (Lipinski definition) is 3. The van der Waals surface area contributed by atoms with Crippen molar-refractivity contribution in [3.63, 3.8) is 0 Å². The summed E-state index contributed by atoms with van der Waals surface area (Å²) in [6.07, 6.45) is 8.03. The molecule has 1 aliphatic rings. The van der Waals surface area contributed by atoms with Gasteiger partial charge in [0.15, 0.2) is 0 Å². The van der Waals surface area contributed by atoms with Crippen LogP contribution in [0, 0.1) is 5.92 Å². The molecule has 0 saturated heterocycles. The van der Waals surface area contributed by atoms with Crippen molar-refractivity contribution in [3.8, 4) is 0 Å². The zero-order valence-electron chi connectivity index (χ0n) is 13.0. The van der Waals surface area contributed by atoms with Gasteiger partial charge in [0.05, 0.1) is 4.90 Å². The maximum Gasteiger partial charge on any atom is 0.242 e. The van der Waals surface area contributed by atoms with E-state index in [1.807, 2.05) is 12.1 Å². The number of sulfonamides is 1. The van der Waals surface area contributed by atoms with E-state index in [0.29, 0.717) is 4.90 Å². The molecule has 0 aromatic heterocycles. The van der Waals surface area contributed by atoms with Crippen LogP contribution in [0.2, 0.25) is 0 Å². The van der Waals surface area contributed by atoms with Gasteiger partial charge in [-0.05, 0) is 43.0 Å². The average molecular weight is 310 g/mol. The van der Waals surface area contributed by atoms with E-state index in [-0.39, 0.29) is 0 Å². The van der Waals surface area contributed by atoms with E-state index in [0.717, 1.165) is 18.2 Å². The molecule has 0 radical (unpaired) electrons. The fourth-order valence-electron chi connectivity index (χ4n) is 2.79. The SMILES string of the molecule is CN(C)S(=O)(=O)c1ccc(NCC2CCCCCC2)cc1. The summed E-state index contributed by atoms with van der Waals surface area (Å²) in [6, 6.07) is 7.05. The van der Waals surface area contributed by atoms with Crippen LogP contribution in [0.25, 0.3) is 0 Å². The summed E-state index contributed by atoms with van der Waals surface area (Å²) in [6.45, 7) is 0.986. The molecule has 1 saturated carbocycles. The van der Waals surface area contributed by atoms with Crippen molar-refractivity contribution in [1.82, 2.24) is 4.31 Å². The van der Waals surface area contributed by atoms with Crippen LogP contribution in [0.4, 0.5) is 5.69 Å². The minimum absolute atomic E-state index is 0.340. The predicted octanol–water partition coefficient (Wildman–Crippen LogP) is 3.32. The fraction of sp³-hybridized carbons (Fsp3) is 0.625. The zero-order valence-corrected chi connectivity index (χ0v) is 13.8. The first-order chi connectivity index (χ1) is 10.00. The average Bonchev–Trinajstić information content (AvgIpc) is 2.74. The van der Waals surface area contributed by atoms with Crippen molar-refractivity contribution in [3.05, 3.63) is 24.3 Å². The molecule has 1 aromatic rings. The third-order valence-corrected chi connectivity index (χ3v) is 6.03. The monoisotopic (exact) mass is 310 g/mol. The van der Waals surface area contributed by atoms with Crippen LogP contribution in [0.5, 0.6) is 0 Å². The predicted molar refractivity (Wildman–Crippen MR) is 87.0 cm³/mol. The topological polar surface area (TPSA) is 49.4 Å². The summed E-state index contributed by atoms with van der Waals surface area (Å²) in [7, 11) is -0.230. The van der Waals surface area contributed by atoms with Gasteiger partial charge in [0, 0.05) is 26.3 Å². The highest BCUT2D eigenvalue weighted by molar-refractivity contribution is 7.89. The molecule has 0 amide bonds. The van der Waals surface area contributed by atoms with Crippen LogP contribution in [-0.4, -0.2) is 33.4 Å². The van der Waals surface area contributed by atoms with Gasteiger partial charge in [-0.1, -0.05) is 25.7 Å². The molecule has 1 aromatic carbocycles. The molecule has 0 spiro atoms. The van der Waals surface area contributed by atoms with Crippen LogP contribution in [0.15, 0.2) is 29.2 Å². The Hall–Kier alpha value is -1.07. The second kappa shape index (κ2) is 7.27. The molecule has 0 atom stereocenters. The van der Waals surface area contributed by atoms with Crippen molar-refractivity contribution >= 4 is 15.7 Å². The lowest BCUT2D eigenvalue weighted by Crippen LogP contribution is -2.22. The first-order valence-corrected chi connectivity index (χ1v) is 9.20. The fourth-order valence-corrected chi connectivity index (χ4v) is 3.69. The number of nitrogens with one attached hydrogen (secondary N) is 1. The minimum Gasteiger partial charge on any atom is -0.385 e. The van der Waals surface area contributed by atoms with Crippen molar-refractivity contribution in [1.29, 1.82) is 0 Å². The van der Waals surface area contributed by atoms with E-state index in [1.54, 1.807) is 26.2 Å². The molecule has 21 heavy (non-hydrogen) atoms. The number of rotatable bonds is 5. The third-order valence-electron chi connectivity index (χ3n) is 4.20. The second-order valence-electron chi connectivity index (χ2n) is 6.05. The molecule has 5 heteroatoms. The maximum absolute atomic E-state index is 12.0. The number of benzene rings is 1. The van der Waals surface area contributed by atoms with Gasteiger partial charge in [-0.25, -0.2) is 12.7 Å². The Morgan fingerprint density at radius 3 is 2.14 bits per heavy atom. The maximum atomic E-state index is 12.0. The Labute approximate surface area is 128 Å². The largest absolute Gasteiger partial charge is 0.385 e. The molecule has 1 aliphatic carbocycles. The molecule has 0 heterocycles. The van der Waals surface area contributed by atoms with Crippen molar-refractivity contribution in [2.45, 2.75) is 43.4 Å². The summed E-state index contributed by atoms with van der Waals surface area (Å²) in [4.78, 5) is 0.340. The number of anilines is 1. The van der Waals surface area contributed by atoms with E-state index < -0.39 is 10.0 Å². The van der Waals surface area contributed by atoms with Crippen LogP contribution in [-0.2, 0) is 10.0 Å². The second-order valence-corrected chi connectivity index (χ2v) is 8.20. The van der Waals surface area contributed by atoms with E-state index >= 15 is 0 Å². The van der Waals surface area contributed by atoms with Crippen LogP contribution < -0.4 is 5.32 Å². The summed E-state index contributed by atoms with van der Waals surface area (Å²) >= 11 is 0. The molecule has 0 bridgehead atoms. The number of nitrogens with zero attached hydrogens (tertiary/aromatic N) is 1. The van der Waals surface area contributed by atoms with Gasteiger partial charge >= 0.3 is 0 Å². The Balaban J connectivity index is 1.93. The van der Waals surface area contributed by atoms with Gasteiger partial charge in [0.25, 0.3) is 0 Å². The molecule has 1 N–H and O–H groups in total. The summed E-state index contributed by atoms with van der Waals surface area (Å²) in [5.41, 5.74) is 0.997. The molecule has 1 fully saturated rings. The smallest absolute Gasteiger partial charge is 0.242 e. The molecule has 2 rings (SSSR count). The normalized spacial score (nSPS) is 17.7. The lowest BCUT2D eigenvalue weighted by Gasteiger charge is -2.16. The summed E-state index contributed by atoms with van der Waals surface area (Å²) in [5.74, 6) is 0.748. The van der Waals surface area contributed by atoms with Gasteiger partial charge in [-0.3, -0.25) is 0 Å². The van der Waals surface area contributed by atoms with Gasteiger partial charge in [-0.15, -0.1) is 0 Å². The highest BCUT2D eigenvalue weighted by Gasteiger charge is 2.17. The Bertz CT molecular complexity index is 530. The van der Waals surface area contributed by atoms with Crippen LogP contribution >= 0.6 is 0 Å². The van der Waals surface area contributed by atoms with E-state index in [9.17, 15) is 8.42 Å². The first-order valence-electron chi connectivity index (χ1n) is 7.76. The lowest BCUT2D eigenvalue weighted by molar-refractivity contribution is 0.483. The molecule has 0 aliphatic heterocycles. The van der Waals surface area contributed by atoms with Crippen molar-refractivity contribution < 1.29 is 8.42 Å². The highest BCUT2D eigenvalue weighted by atomic mass is 32.2. The van der Waals surface area contributed by atoms with Gasteiger partial charge in [0.1, 0.15) is 0 Å². The van der Waals surface area contributed by atoms with Crippen LogP contribution in [0.3, 0.4) is 0 Å². The Morgan fingerprint density at radius 2 is 1.62 bits per heavy atom. The van der Waals surface area contributed by atoms with Gasteiger partial charge in [0.2, 0.25) is 10.0 Å². The lowest BCUT2D eigenvalue weighted by atomic mass is 10.0. The molecule has 4 nitrogen and oxygen atoms in total. The van der Waals surface area contributed by atoms with E-state index in [1.165, 1.54) is 42.8 Å². The highest BCUT2D eigenvalue weighted by Crippen LogP contribution is 2.23. The minimum atomic E-state index is -3.33. The van der Waals surface area contributed by atoms with E-state index in [2.05, 4.69) is 5.32 Å². The quantitative estimate of drug-likeness (QED) is 0.849. The van der Waals surface area contributed by atoms with Crippen molar-refractivity contribution in [2.75, 3.05) is 26.0 Å². The van der Waals surface area contributed by atoms with Crippen LogP contribution in [0.1, 0.15) is 38.5 Å². The molecule has 118 valence electrons. The Morgan fingerprint density at radius 1 is 1.05 bits per heavy atom. The zero-order chi connectivity index (χ0) is 15.3. The molecular weight excluding hydrogens is 284 g/mol. The van der Waals surface area contributed by atoms with Crippen molar-refractivity contribution in [2.24, 2.45) is 5.92 Å². The van der Waals surface area contributed by atoms with Gasteiger partial charge in [-0.2, -0.15) is 0 Å². The Kier molecular flexibility index (Phi) is 5.65. The van der Waals surface area contributed by atoms with E-state index in [4.69, 9.17) is 0 Å². The molecule has 0 unspecified atom stereocenters. The van der Waals surface area contributed by atoms with Gasteiger partial charge < -0.3 is 5.32 Å².